The summed E-state index contributed by atoms with van der Waals surface area (Å²) >= 11 is 5.53. The second kappa shape index (κ2) is 28.7. The highest BCUT2D eigenvalue weighted by atomic mass is 32.1. The Kier molecular flexibility index (Phi) is 16.9. The van der Waals surface area contributed by atoms with Crippen LogP contribution in [0.3, 0.4) is 0 Å². The number of thiophene rings is 3. The second-order valence-corrected chi connectivity index (χ2v) is 37.6. The SMILES string of the molecule is c1cc(-c2cc3ccc4cccc5ccc(c2)c3c45)cc(-c2nc3ccccc3c3c2sc2ccccc23)c1.c1cc(-c2ccc3ccc4ccccc4c3c2)cc(-c2nc3ccccc3c3c2sc2ccccc23)c1.c1ccc([Si](c2ccccc2)(c2ccccc2)c2cccc(-c3nc4ccccc4c4c3sc3ccccc34)c2)cc1. The zero-order valence-electron chi connectivity index (χ0n) is 63.9. The summed E-state index contributed by atoms with van der Waals surface area (Å²) in [6.45, 7) is 0. The largest absolute Gasteiger partial charge is 0.246 e. The van der Waals surface area contributed by atoms with Gasteiger partial charge in [-0.3, -0.25) is 0 Å². The molecule has 3 nitrogen and oxygen atoms in total. The Balaban J connectivity index is 0.000000104. The highest BCUT2D eigenvalue weighted by molar-refractivity contribution is 7.27. The van der Waals surface area contributed by atoms with E-state index in [4.69, 9.17) is 15.0 Å². The molecule has 0 N–H and O–H groups in total. The molecule has 0 radical (unpaired) electrons. The molecular formula is C111H69N3S3Si. The molecule has 0 saturated carbocycles. The average Bonchev–Trinajstić information content (AvgIpc) is 1.29. The van der Waals surface area contributed by atoms with Crippen molar-refractivity contribution < 1.29 is 0 Å². The fourth-order valence-corrected chi connectivity index (χ4v) is 27.1. The number of para-hydroxylation sites is 3. The van der Waals surface area contributed by atoms with Crippen molar-refractivity contribution >= 4 is 210 Å². The monoisotopic (exact) mass is 1570 g/mol. The molecule has 0 aliphatic carbocycles. The summed E-state index contributed by atoms with van der Waals surface area (Å²) < 4.78 is 7.65. The van der Waals surface area contributed by atoms with E-state index in [1.165, 1.54) is 174 Å². The van der Waals surface area contributed by atoms with Gasteiger partial charge in [-0.05, 0) is 164 Å². The van der Waals surface area contributed by atoms with Gasteiger partial charge < -0.3 is 0 Å². The van der Waals surface area contributed by atoms with Gasteiger partial charge in [0, 0.05) is 79.3 Å². The van der Waals surface area contributed by atoms with Gasteiger partial charge in [-0.2, -0.15) is 0 Å². The van der Waals surface area contributed by atoms with Gasteiger partial charge in [0.15, 0.2) is 8.07 Å². The molecule has 0 bridgehead atoms. The molecule has 0 atom stereocenters. The minimum Gasteiger partial charge on any atom is -0.246 e. The summed E-state index contributed by atoms with van der Waals surface area (Å²) in [6, 6.07) is 152. The molecule has 25 aromatic rings. The lowest BCUT2D eigenvalue weighted by Gasteiger charge is -2.34. The standard InChI is InChI=1S/C39H27NSSi.C37H21NS.C35H21NS/c1-4-16-29(17-5-1)42(30-18-6-2-7-19-30,31-20-8-3-9-21-31)32-22-14-15-28(27-32)38-39-37(33-23-10-12-25-35(33)40-38)34-24-11-13-26-36(34)41-39;1-3-13-31-29(11-1)35-30-12-2-4-14-32(30)39-37(35)36(38-31)27-10-6-9-24(19-27)28-20-25-17-15-22-7-5-8-23-16-18-26(21-28)34(25)33(22)23;1-2-11-27-22(8-1)16-17-23-18-19-25(21-30(23)27)24-9-7-10-26(20-24)34-35-33(28-12-3-5-14-31(28)36-34)29-13-4-6-15-32(29)37-35/h1-27H;1-21H;1-21H. The van der Waals surface area contributed by atoms with E-state index in [0.29, 0.717) is 0 Å². The molecule has 6 aromatic heterocycles. The van der Waals surface area contributed by atoms with Gasteiger partial charge in [0.2, 0.25) is 0 Å². The quantitative estimate of drug-likeness (QED) is 0.0821. The third kappa shape index (κ3) is 11.6. The van der Waals surface area contributed by atoms with Crippen LogP contribution in [0.1, 0.15) is 0 Å². The Morgan fingerprint density at radius 3 is 0.941 bits per heavy atom. The fraction of sp³-hybridized carbons (Fsp3) is 0. The lowest BCUT2D eigenvalue weighted by Crippen LogP contribution is -2.74. The van der Waals surface area contributed by atoms with E-state index in [9.17, 15) is 0 Å². The molecular weight excluding hydrogens is 1500 g/mol. The van der Waals surface area contributed by atoms with Crippen LogP contribution < -0.4 is 20.7 Å². The van der Waals surface area contributed by atoms with Gasteiger partial charge in [0.05, 0.1) is 47.7 Å². The normalized spacial score (nSPS) is 11.9. The first-order valence-corrected chi connectivity index (χ1v) is 44.6. The molecule has 0 amide bonds. The van der Waals surface area contributed by atoms with Crippen LogP contribution in [-0.2, 0) is 0 Å². The molecule has 6 heterocycles. The first kappa shape index (κ1) is 69.4. The predicted molar refractivity (Wildman–Crippen MR) is 513 cm³/mol. The van der Waals surface area contributed by atoms with Crippen molar-refractivity contribution in [2.45, 2.75) is 0 Å². The predicted octanol–water partition coefficient (Wildman–Crippen LogP) is 28.7. The maximum absolute atomic E-state index is 5.34. The summed E-state index contributed by atoms with van der Waals surface area (Å²) in [5, 5.41) is 30.0. The highest BCUT2D eigenvalue weighted by Gasteiger charge is 2.41. The number of fused-ring (bicyclic) bond motifs is 18. The Hall–Kier alpha value is -14.2. The molecule has 0 aliphatic heterocycles. The van der Waals surface area contributed by atoms with Gasteiger partial charge in [0.25, 0.3) is 0 Å². The minimum absolute atomic E-state index is 1.03. The summed E-state index contributed by atoms with van der Waals surface area (Å²) in [5.41, 5.74) is 14.6. The van der Waals surface area contributed by atoms with Crippen LogP contribution in [0.2, 0.25) is 0 Å². The molecule has 25 rings (SSSR count). The van der Waals surface area contributed by atoms with Crippen molar-refractivity contribution in [1.82, 2.24) is 15.0 Å². The molecule has 118 heavy (non-hydrogen) atoms. The number of rotatable bonds is 9. The number of nitrogens with zero attached hydrogens (tertiary/aromatic N) is 3. The van der Waals surface area contributed by atoms with Crippen molar-refractivity contribution in [2.24, 2.45) is 0 Å². The minimum atomic E-state index is -2.64. The molecule has 0 aliphatic rings. The smallest absolute Gasteiger partial charge is 0.179 e. The van der Waals surface area contributed by atoms with E-state index in [1.807, 2.05) is 34.0 Å². The number of aromatic nitrogens is 3. The number of benzene rings is 19. The van der Waals surface area contributed by atoms with Gasteiger partial charge in [-0.1, -0.05) is 352 Å². The lowest BCUT2D eigenvalue weighted by atomic mass is 9.91. The Bertz CT molecular complexity index is 8120. The number of hydrogen-bond acceptors (Lipinski definition) is 6. The molecule has 0 fully saturated rings. The van der Waals surface area contributed by atoms with Crippen LogP contribution in [0.5, 0.6) is 0 Å². The van der Waals surface area contributed by atoms with Crippen LogP contribution in [-0.4, -0.2) is 23.0 Å². The van der Waals surface area contributed by atoms with E-state index in [2.05, 4.69) is 419 Å². The maximum Gasteiger partial charge on any atom is 0.179 e. The topological polar surface area (TPSA) is 38.7 Å². The zero-order chi connectivity index (χ0) is 77.8. The number of pyridine rings is 3. The van der Waals surface area contributed by atoms with Gasteiger partial charge in [-0.25, -0.2) is 15.0 Å². The van der Waals surface area contributed by atoms with E-state index in [0.717, 1.165) is 50.3 Å². The van der Waals surface area contributed by atoms with Crippen molar-refractivity contribution in [1.29, 1.82) is 0 Å². The Morgan fingerprint density at radius 2 is 0.475 bits per heavy atom. The van der Waals surface area contributed by atoms with Crippen LogP contribution in [0.25, 0.3) is 203 Å². The lowest BCUT2D eigenvalue weighted by molar-refractivity contribution is 1.44. The van der Waals surface area contributed by atoms with Crippen LogP contribution >= 0.6 is 34.0 Å². The van der Waals surface area contributed by atoms with E-state index in [-0.39, 0.29) is 0 Å². The van der Waals surface area contributed by atoms with Gasteiger partial charge in [0.1, 0.15) is 0 Å². The third-order valence-corrected chi connectivity index (χ3v) is 32.3. The van der Waals surface area contributed by atoms with Gasteiger partial charge >= 0.3 is 0 Å². The van der Waals surface area contributed by atoms with Crippen LogP contribution in [0.15, 0.2) is 419 Å². The third-order valence-electron chi connectivity index (χ3n) is 24.0. The second-order valence-electron chi connectivity index (χ2n) is 30.7. The molecule has 19 aromatic carbocycles. The highest BCUT2D eigenvalue weighted by Crippen LogP contribution is 2.48. The summed E-state index contributed by atoms with van der Waals surface area (Å²) in [5.74, 6) is 0. The number of hydrogen-bond donors (Lipinski definition) is 0. The van der Waals surface area contributed by atoms with Crippen LogP contribution in [0, 0.1) is 0 Å². The van der Waals surface area contributed by atoms with E-state index >= 15 is 0 Å². The maximum atomic E-state index is 5.34. The van der Waals surface area contributed by atoms with Crippen molar-refractivity contribution in [3.05, 3.63) is 419 Å². The Labute approximate surface area is 693 Å². The van der Waals surface area contributed by atoms with Gasteiger partial charge in [-0.15, -0.1) is 34.0 Å². The van der Waals surface area contributed by atoms with Crippen molar-refractivity contribution in [2.75, 3.05) is 0 Å². The fourth-order valence-electron chi connectivity index (χ4n) is 18.6. The molecule has 0 unspecified atom stereocenters. The average molecular weight is 1570 g/mol. The summed E-state index contributed by atoms with van der Waals surface area (Å²) in [6.07, 6.45) is 0. The Morgan fingerprint density at radius 1 is 0.169 bits per heavy atom. The van der Waals surface area contributed by atoms with Crippen molar-refractivity contribution in [3.63, 3.8) is 0 Å². The van der Waals surface area contributed by atoms with E-state index in [1.54, 1.807) is 0 Å². The molecule has 550 valence electrons. The first-order chi connectivity index (χ1) is 58.5. The summed E-state index contributed by atoms with van der Waals surface area (Å²) in [7, 11) is -2.64. The molecule has 0 saturated heterocycles. The molecule has 0 spiro atoms. The zero-order valence-corrected chi connectivity index (χ0v) is 67.4. The van der Waals surface area contributed by atoms with Crippen LogP contribution in [0.4, 0.5) is 0 Å². The first-order valence-electron chi connectivity index (χ1n) is 40.2. The summed E-state index contributed by atoms with van der Waals surface area (Å²) in [4.78, 5) is 15.8. The molecule has 7 heteroatoms. The van der Waals surface area contributed by atoms with E-state index < -0.39 is 8.07 Å². The van der Waals surface area contributed by atoms with Crippen molar-refractivity contribution in [3.8, 4) is 56.0 Å².